The van der Waals surface area contributed by atoms with Crippen molar-refractivity contribution in [2.75, 3.05) is 36.4 Å². The zero-order valence-electron chi connectivity index (χ0n) is 14.8. The van der Waals surface area contributed by atoms with Crippen LogP contribution in [0.15, 0.2) is 42.6 Å². The summed E-state index contributed by atoms with van der Waals surface area (Å²) in [6, 6.07) is 9.71. The highest BCUT2D eigenvalue weighted by atomic mass is 35.5. The van der Waals surface area contributed by atoms with E-state index >= 15 is 0 Å². The van der Waals surface area contributed by atoms with Gasteiger partial charge in [0.25, 0.3) is 5.69 Å². The first kappa shape index (κ1) is 19.1. The number of non-ortho nitro benzene ring substituents is 1. The van der Waals surface area contributed by atoms with Crippen LogP contribution < -0.4 is 10.2 Å². The summed E-state index contributed by atoms with van der Waals surface area (Å²) in [6.07, 6.45) is 1.56. The van der Waals surface area contributed by atoms with Crippen LogP contribution in [0, 0.1) is 10.1 Å². The Morgan fingerprint density at radius 3 is 2.67 bits per heavy atom. The number of rotatable bonds is 5. The average molecular weight is 390 g/mol. The van der Waals surface area contributed by atoms with Gasteiger partial charge in [0, 0.05) is 50.2 Å². The Balaban J connectivity index is 1.58. The molecule has 0 spiro atoms. The molecule has 1 aromatic carbocycles. The van der Waals surface area contributed by atoms with E-state index in [0.29, 0.717) is 31.9 Å². The number of benzene rings is 1. The van der Waals surface area contributed by atoms with Gasteiger partial charge in [-0.05, 0) is 25.1 Å². The van der Waals surface area contributed by atoms with Crippen LogP contribution in [-0.4, -0.2) is 52.9 Å². The molecule has 3 rings (SSSR count). The Morgan fingerprint density at radius 1 is 1.26 bits per heavy atom. The normalized spacial score (nSPS) is 16.0. The third kappa shape index (κ3) is 4.53. The molecule has 1 unspecified atom stereocenters. The molecule has 1 saturated heterocycles. The summed E-state index contributed by atoms with van der Waals surface area (Å²) >= 11 is 5.99. The van der Waals surface area contributed by atoms with Crippen molar-refractivity contribution in [3.63, 3.8) is 0 Å². The molecule has 1 atom stereocenters. The molecule has 1 aliphatic rings. The van der Waals surface area contributed by atoms with Crippen molar-refractivity contribution in [3.05, 3.63) is 57.9 Å². The van der Waals surface area contributed by atoms with Crippen LogP contribution in [0.3, 0.4) is 0 Å². The first-order valence-corrected chi connectivity index (χ1v) is 8.98. The number of nitrogens with one attached hydrogen (secondary N) is 1. The van der Waals surface area contributed by atoms with E-state index in [1.54, 1.807) is 30.5 Å². The molecule has 0 aliphatic carbocycles. The zero-order chi connectivity index (χ0) is 19.4. The van der Waals surface area contributed by atoms with Gasteiger partial charge in [0.05, 0.1) is 16.7 Å². The third-order valence-corrected chi connectivity index (χ3v) is 4.97. The van der Waals surface area contributed by atoms with E-state index in [-0.39, 0.29) is 22.8 Å². The molecule has 1 amide bonds. The molecule has 0 bridgehead atoms. The second-order valence-electron chi connectivity index (χ2n) is 6.31. The van der Waals surface area contributed by atoms with Crippen molar-refractivity contribution in [1.82, 2.24) is 9.88 Å². The van der Waals surface area contributed by atoms with E-state index in [1.807, 2.05) is 13.0 Å². The van der Waals surface area contributed by atoms with Crippen LogP contribution in [0.4, 0.5) is 17.1 Å². The number of nitrogens with zero attached hydrogens (tertiary/aromatic N) is 4. The van der Waals surface area contributed by atoms with Crippen LogP contribution in [-0.2, 0) is 4.79 Å². The van der Waals surface area contributed by atoms with Gasteiger partial charge in [-0.1, -0.05) is 17.7 Å². The van der Waals surface area contributed by atoms with Crippen molar-refractivity contribution >= 4 is 34.6 Å². The highest BCUT2D eigenvalue weighted by Crippen LogP contribution is 2.23. The van der Waals surface area contributed by atoms with Gasteiger partial charge < -0.3 is 10.2 Å². The molecule has 0 saturated carbocycles. The first-order chi connectivity index (χ1) is 13.0. The van der Waals surface area contributed by atoms with Crippen molar-refractivity contribution in [3.8, 4) is 0 Å². The number of hydrogen-bond donors (Lipinski definition) is 1. The summed E-state index contributed by atoms with van der Waals surface area (Å²) in [4.78, 5) is 31.2. The number of carbonyl (C=O) groups excluding carboxylic acids is 1. The van der Waals surface area contributed by atoms with Crippen LogP contribution in [0.25, 0.3) is 0 Å². The molecule has 1 fully saturated rings. The fourth-order valence-electron chi connectivity index (χ4n) is 3.05. The molecular weight excluding hydrogens is 370 g/mol. The lowest BCUT2D eigenvalue weighted by Crippen LogP contribution is -2.52. The summed E-state index contributed by atoms with van der Waals surface area (Å²) in [5.74, 6) is -0.145. The van der Waals surface area contributed by atoms with Crippen LogP contribution in [0.5, 0.6) is 0 Å². The van der Waals surface area contributed by atoms with Gasteiger partial charge in [-0.2, -0.15) is 0 Å². The number of amides is 1. The predicted molar refractivity (Wildman–Crippen MR) is 104 cm³/mol. The Hall–Kier alpha value is -2.71. The van der Waals surface area contributed by atoms with Crippen LogP contribution in [0.1, 0.15) is 6.92 Å². The SMILES string of the molecule is CC(C(=O)Nc1cccnc1Cl)N1CCN(c2cccc([N+](=O)[O-])c2)CC1. The van der Waals surface area contributed by atoms with E-state index < -0.39 is 4.92 Å². The number of piperazine rings is 1. The Kier molecular flexibility index (Phi) is 5.88. The third-order valence-electron chi connectivity index (χ3n) is 4.66. The molecule has 1 N–H and O–H groups in total. The van der Waals surface area contributed by atoms with Crippen LogP contribution >= 0.6 is 11.6 Å². The number of hydrogen-bond acceptors (Lipinski definition) is 6. The predicted octanol–water partition coefficient (Wildman–Crippen LogP) is 2.79. The quantitative estimate of drug-likeness (QED) is 0.480. The molecule has 27 heavy (non-hydrogen) atoms. The molecule has 1 aromatic heterocycles. The second kappa shape index (κ2) is 8.32. The smallest absolute Gasteiger partial charge is 0.271 e. The maximum Gasteiger partial charge on any atom is 0.271 e. The van der Waals surface area contributed by atoms with E-state index in [9.17, 15) is 14.9 Å². The van der Waals surface area contributed by atoms with Crippen molar-refractivity contribution in [2.45, 2.75) is 13.0 Å². The van der Waals surface area contributed by atoms with Gasteiger partial charge in [0.1, 0.15) is 0 Å². The first-order valence-electron chi connectivity index (χ1n) is 8.60. The van der Waals surface area contributed by atoms with E-state index in [2.05, 4.69) is 20.1 Å². The second-order valence-corrected chi connectivity index (χ2v) is 6.66. The fourth-order valence-corrected chi connectivity index (χ4v) is 3.22. The summed E-state index contributed by atoms with van der Waals surface area (Å²) < 4.78 is 0. The Labute approximate surface area is 161 Å². The highest BCUT2D eigenvalue weighted by Gasteiger charge is 2.26. The zero-order valence-corrected chi connectivity index (χ0v) is 15.6. The molecule has 9 heteroatoms. The fraction of sp³-hybridized carbons (Fsp3) is 0.333. The lowest BCUT2D eigenvalue weighted by Gasteiger charge is -2.38. The molecular formula is C18H20ClN5O3. The minimum absolute atomic E-state index is 0.0797. The van der Waals surface area contributed by atoms with Crippen molar-refractivity contribution in [2.24, 2.45) is 0 Å². The largest absolute Gasteiger partial charge is 0.369 e. The molecule has 8 nitrogen and oxygen atoms in total. The summed E-state index contributed by atoms with van der Waals surface area (Å²) in [7, 11) is 0. The maximum absolute atomic E-state index is 12.5. The number of halogens is 1. The van der Waals surface area contributed by atoms with E-state index in [0.717, 1.165) is 5.69 Å². The number of anilines is 2. The lowest BCUT2D eigenvalue weighted by molar-refractivity contribution is -0.384. The number of pyridine rings is 1. The topological polar surface area (TPSA) is 91.6 Å². The van der Waals surface area contributed by atoms with Gasteiger partial charge in [0.15, 0.2) is 5.15 Å². The van der Waals surface area contributed by atoms with Crippen LogP contribution in [0.2, 0.25) is 5.15 Å². The maximum atomic E-state index is 12.5. The van der Waals surface area contributed by atoms with Gasteiger partial charge >= 0.3 is 0 Å². The number of carbonyl (C=O) groups is 1. The van der Waals surface area contributed by atoms with E-state index in [1.165, 1.54) is 6.07 Å². The van der Waals surface area contributed by atoms with E-state index in [4.69, 9.17) is 11.6 Å². The summed E-state index contributed by atoms with van der Waals surface area (Å²) in [5.41, 5.74) is 1.39. The van der Waals surface area contributed by atoms with Gasteiger partial charge in [0.2, 0.25) is 5.91 Å². The van der Waals surface area contributed by atoms with Crippen molar-refractivity contribution in [1.29, 1.82) is 0 Å². The average Bonchev–Trinajstić information content (AvgIpc) is 2.69. The number of nitro groups is 1. The minimum Gasteiger partial charge on any atom is -0.369 e. The molecule has 0 radical (unpaired) electrons. The summed E-state index contributed by atoms with van der Waals surface area (Å²) in [6.45, 7) is 4.58. The van der Waals surface area contributed by atoms with Gasteiger partial charge in [-0.3, -0.25) is 19.8 Å². The monoisotopic (exact) mass is 389 g/mol. The molecule has 142 valence electrons. The Morgan fingerprint density at radius 2 is 2.00 bits per heavy atom. The highest BCUT2D eigenvalue weighted by molar-refractivity contribution is 6.32. The van der Waals surface area contributed by atoms with Gasteiger partial charge in [-0.25, -0.2) is 4.98 Å². The standard InChI is InChI=1S/C18H20ClN5O3/c1-13(18(25)21-16-6-3-7-20-17(16)19)22-8-10-23(11-9-22)14-4-2-5-15(12-14)24(26)27/h2-7,12-13H,8-11H2,1H3,(H,21,25). The lowest BCUT2D eigenvalue weighted by atomic mass is 10.2. The number of nitro benzene ring substituents is 1. The van der Waals surface area contributed by atoms with Crippen molar-refractivity contribution < 1.29 is 9.72 Å². The minimum atomic E-state index is -0.393. The van der Waals surface area contributed by atoms with Gasteiger partial charge in [-0.15, -0.1) is 0 Å². The molecule has 1 aliphatic heterocycles. The number of aromatic nitrogens is 1. The molecule has 2 heterocycles. The Bertz CT molecular complexity index is 839. The molecule has 2 aromatic rings. The summed E-state index contributed by atoms with van der Waals surface area (Å²) in [5, 5.41) is 14.0.